The highest BCUT2D eigenvalue weighted by molar-refractivity contribution is 5.86. The summed E-state index contributed by atoms with van der Waals surface area (Å²) in [6.07, 6.45) is 11.0. The number of hydrogen-bond acceptors (Lipinski definition) is 5. The molecule has 186 valence electrons. The van der Waals surface area contributed by atoms with Gasteiger partial charge in [-0.15, -0.1) is 0 Å². The van der Waals surface area contributed by atoms with E-state index < -0.39 is 30.4 Å². The lowest BCUT2D eigenvalue weighted by Crippen LogP contribution is -2.56. The molecular formula is C23H43N3O6. The molecule has 0 saturated heterocycles. The molecule has 0 heterocycles. The van der Waals surface area contributed by atoms with Crippen molar-refractivity contribution in [1.82, 2.24) is 16.0 Å². The molecule has 1 atom stereocenters. The quantitative estimate of drug-likeness (QED) is 0.188. The standard InChI is InChI=1S/C23H43N3O6/c1-23(2,3)26-18(22(32)25-17-21(30)31)16-24-19(27)14-12-10-8-6-4-5-7-9-11-13-15-20(28)29/h18,26H,4-17H2,1-3H3,(H,24,27)(H,25,32)(H,28,29)(H,30,31)/t18-/m0/s1. The Bertz CT molecular complexity index is 575. The van der Waals surface area contributed by atoms with Crippen LogP contribution in [0.25, 0.3) is 0 Å². The van der Waals surface area contributed by atoms with Gasteiger partial charge in [0, 0.05) is 24.9 Å². The second-order valence-corrected chi connectivity index (χ2v) is 9.29. The van der Waals surface area contributed by atoms with E-state index in [0.717, 1.165) is 57.8 Å². The van der Waals surface area contributed by atoms with Crippen LogP contribution >= 0.6 is 0 Å². The number of nitrogens with one attached hydrogen (secondary N) is 3. The van der Waals surface area contributed by atoms with Gasteiger partial charge in [0.05, 0.1) is 0 Å². The van der Waals surface area contributed by atoms with E-state index in [0.29, 0.717) is 6.42 Å². The molecule has 0 aromatic carbocycles. The molecule has 0 unspecified atom stereocenters. The first-order valence-corrected chi connectivity index (χ1v) is 11.8. The van der Waals surface area contributed by atoms with Crippen LogP contribution in [-0.2, 0) is 19.2 Å². The molecule has 0 spiro atoms. The van der Waals surface area contributed by atoms with Crippen LogP contribution in [0.4, 0.5) is 0 Å². The largest absolute Gasteiger partial charge is 0.481 e. The fourth-order valence-electron chi connectivity index (χ4n) is 3.30. The second kappa shape index (κ2) is 17.4. The van der Waals surface area contributed by atoms with Gasteiger partial charge in [0.2, 0.25) is 11.8 Å². The summed E-state index contributed by atoms with van der Waals surface area (Å²) < 4.78 is 0. The zero-order valence-corrected chi connectivity index (χ0v) is 20.0. The molecule has 0 aromatic rings. The molecule has 0 saturated carbocycles. The number of rotatable bonds is 19. The van der Waals surface area contributed by atoms with Crippen molar-refractivity contribution in [2.24, 2.45) is 0 Å². The highest BCUT2D eigenvalue weighted by atomic mass is 16.4. The normalized spacial score (nSPS) is 12.2. The highest BCUT2D eigenvalue weighted by Gasteiger charge is 2.24. The fraction of sp³-hybridized carbons (Fsp3) is 0.826. The lowest BCUT2D eigenvalue weighted by atomic mass is 10.0. The Morgan fingerprint density at radius 1 is 0.688 bits per heavy atom. The van der Waals surface area contributed by atoms with Crippen LogP contribution in [0, 0.1) is 0 Å². The average molecular weight is 458 g/mol. The van der Waals surface area contributed by atoms with Crippen LogP contribution in [0.1, 0.15) is 97.8 Å². The van der Waals surface area contributed by atoms with Crippen LogP contribution in [0.3, 0.4) is 0 Å². The molecule has 0 aliphatic heterocycles. The minimum absolute atomic E-state index is 0.105. The van der Waals surface area contributed by atoms with E-state index in [2.05, 4.69) is 16.0 Å². The van der Waals surface area contributed by atoms with Gasteiger partial charge in [-0.2, -0.15) is 0 Å². The number of hydrogen-bond donors (Lipinski definition) is 5. The van der Waals surface area contributed by atoms with Crippen molar-refractivity contribution in [2.75, 3.05) is 13.1 Å². The molecule has 0 aliphatic carbocycles. The summed E-state index contributed by atoms with van der Waals surface area (Å²) in [6, 6.07) is -0.706. The maximum atomic E-state index is 12.2. The van der Waals surface area contributed by atoms with Gasteiger partial charge in [0.15, 0.2) is 0 Å². The van der Waals surface area contributed by atoms with Crippen molar-refractivity contribution in [2.45, 2.75) is 109 Å². The van der Waals surface area contributed by atoms with Crippen molar-refractivity contribution < 1.29 is 29.4 Å². The third-order valence-corrected chi connectivity index (χ3v) is 4.89. The minimum Gasteiger partial charge on any atom is -0.481 e. The number of aliphatic carboxylic acids is 2. The van der Waals surface area contributed by atoms with Gasteiger partial charge in [-0.3, -0.25) is 24.5 Å². The molecule has 9 heteroatoms. The minimum atomic E-state index is -1.12. The van der Waals surface area contributed by atoms with Crippen molar-refractivity contribution in [3.05, 3.63) is 0 Å². The van der Waals surface area contributed by atoms with Gasteiger partial charge < -0.3 is 20.8 Å². The summed E-state index contributed by atoms with van der Waals surface area (Å²) in [5.74, 6) is -2.41. The first-order chi connectivity index (χ1) is 15.0. The Kier molecular flexibility index (Phi) is 16.2. The van der Waals surface area contributed by atoms with Crippen molar-refractivity contribution in [1.29, 1.82) is 0 Å². The summed E-state index contributed by atoms with van der Waals surface area (Å²) >= 11 is 0. The molecule has 2 amide bonds. The van der Waals surface area contributed by atoms with Crippen molar-refractivity contribution in [3.63, 3.8) is 0 Å². The molecule has 5 N–H and O–H groups in total. The van der Waals surface area contributed by atoms with Gasteiger partial charge in [-0.1, -0.05) is 51.4 Å². The van der Waals surface area contributed by atoms with Gasteiger partial charge >= 0.3 is 11.9 Å². The number of amides is 2. The third kappa shape index (κ3) is 19.8. The SMILES string of the molecule is CC(C)(C)N[C@@H](CNC(=O)CCCCCCCCCCCCC(=O)O)C(=O)NCC(=O)O. The Hall–Kier alpha value is -2.16. The smallest absolute Gasteiger partial charge is 0.322 e. The molecule has 0 rings (SSSR count). The first kappa shape index (κ1) is 29.8. The van der Waals surface area contributed by atoms with Gasteiger partial charge in [0.1, 0.15) is 12.6 Å². The molecule has 0 aliphatic rings. The van der Waals surface area contributed by atoms with Crippen LogP contribution < -0.4 is 16.0 Å². The molecule has 32 heavy (non-hydrogen) atoms. The Labute approximate surface area is 192 Å². The Balaban J connectivity index is 3.88. The van der Waals surface area contributed by atoms with Crippen LogP contribution in [-0.4, -0.2) is 58.6 Å². The van der Waals surface area contributed by atoms with Gasteiger partial charge in [-0.05, 0) is 33.6 Å². The summed E-state index contributed by atoms with van der Waals surface area (Å²) in [5.41, 5.74) is -0.367. The number of carboxylic acid groups (broad SMARTS) is 2. The lowest BCUT2D eigenvalue weighted by Gasteiger charge is -2.28. The summed E-state index contributed by atoms with van der Waals surface area (Å²) in [6.45, 7) is 5.33. The fourth-order valence-corrected chi connectivity index (χ4v) is 3.30. The highest BCUT2D eigenvalue weighted by Crippen LogP contribution is 2.12. The second-order valence-electron chi connectivity index (χ2n) is 9.29. The Morgan fingerprint density at radius 3 is 1.59 bits per heavy atom. The molecule has 0 bridgehead atoms. The Morgan fingerprint density at radius 2 is 1.16 bits per heavy atom. The molecular weight excluding hydrogens is 414 g/mol. The van der Waals surface area contributed by atoms with Crippen LogP contribution in [0.15, 0.2) is 0 Å². The maximum Gasteiger partial charge on any atom is 0.322 e. The zero-order chi connectivity index (χ0) is 24.4. The number of carbonyl (C=O) groups is 4. The van der Waals surface area contributed by atoms with E-state index in [1.165, 1.54) is 6.42 Å². The molecule has 0 aromatic heterocycles. The summed E-state index contributed by atoms with van der Waals surface area (Å²) in [5, 5.41) is 25.5. The maximum absolute atomic E-state index is 12.2. The summed E-state index contributed by atoms with van der Waals surface area (Å²) in [4.78, 5) is 45.4. The summed E-state index contributed by atoms with van der Waals surface area (Å²) in [7, 11) is 0. The number of carboxylic acids is 2. The predicted molar refractivity (Wildman–Crippen MR) is 123 cm³/mol. The van der Waals surface area contributed by atoms with E-state index in [9.17, 15) is 19.2 Å². The van der Waals surface area contributed by atoms with Crippen molar-refractivity contribution in [3.8, 4) is 0 Å². The first-order valence-electron chi connectivity index (χ1n) is 11.8. The average Bonchev–Trinajstić information content (AvgIpc) is 2.68. The van der Waals surface area contributed by atoms with Gasteiger partial charge in [0.25, 0.3) is 0 Å². The predicted octanol–water partition coefficient (Wildman–Crippen LogP) is 2.83. The molecule has 9 nitrogen and oxygen atoms in total. The van der Waals surface area contributed by atoms with Gasteiger partial charge in [-0.25, -0.2) is 0 Å². The monoisotopic (exact) mass is 457 g/mol. The third-order valence-electron chi connectivity index (χ3n) is 4.89. The van der Waals surface area contributed by atoms with Crippen LogP contribution in [0.5, 0.6) is 0 Å². The van der Waals surface area contributed by atoms with E-state index >= 15 is 0 Å². The van der Waals surface area contributed by atoms with E-state index in [1.54, 1.807) is 0 Å². The van der Waals surface area contributed by atoms with Crippen molar-refractivity contribution >= 4 is 23.8 Å². The topological polar surface area (TPSA) is 145 Å². The van der Waals surface area contributed by atoms with E-state index in [-0.39, 0.29) is 24.4 Å². The van der Waals surface area contributed by atoms with E-state index in [1.807, 2.05) is 20.8 Å². The number of carbonyl (C=O) groups excluding carboxylic acids is 2. The zero-order valence-electron chi connectivity index (χ0n) is 20.0. The lowest BCUT2D eigenvalue weighted by molar-refractivity contribution is -0.138. The van der Waals surface area contributed by atoms with Crippen LogP contribution in [0.2, 0.25) is 0 Å². The molecule has 0 fully saturated rings. The van der Waals surface area contributed by atoms with E-state index in [4.69, 9.17) is 10.2 Å². The molecule has 0 radical (unpaired) electrons. The number of unbranched alkanes of at least 4 members (excludes halogenated alkanes) is 9.